The molecule has 2 unspecified atom stereocenters. The lowest BCUT2D eigenvalue weighted by molar-refractivity contribution is 0.170. The van der Waals surface area contributed by atoms with Crippen LogP contribution >= 0.6 is 8.25 Å². The molecule has 268 valence electrons. The first-order valence-corrected chi connectivity index (χ1v) is 18.8. The van der Waals surface area contributed by atoms with Gasteiger partial charge in [0.1, 0.15) is 23.0 Å². The first-order chi connectivity index (χ1) is 23.6. The minimum atomic E-state index is -4.97. The maximum atomic E-state index is 13.5. The van der Waals surface area contributed by atoms with Crippen molar-refractivity contribution in [1.29, 1.82) is 0 Å². The molecule has 0 aliphatic carbocycles. The Bertz CT molecular complexity index is 1890. The third kappa shape index (κ3) is 12.1. The first kappa shape index (κ1) is 38.8. The van der Waals surface area contributed by atoms with E-state index in [0.29, 0.717) is 11.1 Å². The molecular formula is C32H30F4O11PS2+. The van der Waals surface area contributed by atoms with Crippen molar-refractivity contribution < 1.29 is 66.6 Å². The van der Waals surface area contributed by atoms with Gasteiger partial charge in [-0.25, -0.2) is 17.6 Å². The van der Waals surface area contributed by atoms with Crippen LogP contribution in [0.15, 0.2) is 84.9 Å². The Labute approximate surface area is 286 Å². The SMILES string of the molecule is O=[P+](OC(CCCc1cccc(Oc2ccc(F)c(F)c2)c1)S(=O)(=O)O)OC(CCCc1cccc(Oc2ccc(F)c(F)c2)c1)S(=O)(=O)O. The van der Waals surface area contributed by atoms with E-state index >= 15 is 0 Å². The molecule has 0 bridgehead atoms. The zero-order valence-electron chi connectivity index (χ0n) is 25.8. The van der Waals surface area contributed by atoms with E-state index in [-0.39, 0.29) is 48.7 Å². The summed E-state index contributed by atoms with van der Waals surface area (Å²) in [6.45, 7) is 0. The minimum absolute atomic E-state index is 0.0361. The molecule has 0 amide bonds. The summed E-state index contributed by atoms with van der Waals surface area (Å²) >= 11 is 0. The lowest BCUT2D eigenvalue weighted by atomic mass is 10.1. The maximum Gasteiger partial charge on any atom is 0.700 e. The molecule has 4 rings (SSSR count). The van der Waals surface area contributed by atoms with Crippen LogP contribution in [0.25, 0.3) is 0 Å². The molecule has 0 aliphatic rings. The van der Waals surface area contributed by atoms with Crippen molar-refractivity contribution in [3.05, 3.63) is 119 Å². The highest BCUT2D eigenvalue weighted by Crippen LogP contribution is 2.34. The van der Waals surface area contributed by atoms with E-state index in [2.05, 4.69) is 0 Å². The standard InChI is InChI=1S/C32H29F4O11PS2/c33-27-15-13-25(19-29(27)35)44-23-9-1-5-21(17-23)7-3-11-31(49(38,39)40)46-48(37)47-32(50(41,42)43)12-4-8-22-6-2-10-24(18-22)45-26-14-16-28(34)30(36)20-26/h1-2,5-6,9-10,13-20,31-32H,3-4,7-8,11-12H2,(H-,38,39,40,41,42,43)/p+1. The Kier molecular flexibility index (Phi) is 13.4. The molecule has 50 heavy (non-hydrogen) atoms. The van der Waals surface area contributed by atoms with E-state index in [4.69, 9.17) is 18.5 Å². The van der Waals surface area contributed by atoms with Crippen molar-refractivity contribution in [3.63, 3.8) is 0 Å². The fourth-order valence-corrected chi connectivity index (χ4v) is 7.42. The van der Waals surface area contributed by atoms with Crippen LogP contribution < -0.4 is 9.47 Å². The number of hydrogen-bond donors (Lipinski definition) is 2. The summed E-state index contributed by atoms with van der Waals surface area (Å²) in [7, 11) is -13.4. The lowest BCUT2D eigenvalue weighted by Crippen LogP contribution is -2.25. The van der Waals surface area contributed by atoms with E-state index < -0.39 is 75.5 Å². The predicted molar refractivity (Wildman–Crippen MR) is 172 cm³/mol. The molecule has 0 aromatic heterocycles. The first-order valence-electron chi connectivity index (χ1n) is 14.7. The molecule has 0 spiro atoms. The second-order valence-corrected chi connectivity index (χ2v) is 14.7. The van der Waals surface area contributed by atoms with Gasteiger partial charge in [-0.05, 0) is 98.2 Å². The highest BCUT2D eigenvalue weighted by molar-refractivity contribution is 7.86. The summed E-state index contributed by atoms with van der Waals surface area (Å²) in [4.78, 5) is 0. The van der Waals surface area contributed by atoms with E-state index in [1.807, 2.05) is 0 Å². The minimum Gasteiger partial charge on any atom is -0.457 e. The van der Waals surface area contributed by atoms with Crippen molar-refractivity contribution in [3.8, 4) is 23.0 Å². The summed E-state index contributed by atoms with van der Waals surface area (Å²) in [5.41, 5.74) is -2.92. The van der Waals surface area contributed by atoms with Crippen molar-refractivity contribution in [2.24, 2.45) is 0 Å². The zero-order chi connectivity index (χ0) is 36.5. The van der Waals surface area contributed by atoms with Gasteiger partial charge in [0.2, 0.25) is 10.9 Å². The van der Waals surface area contributed by atoms with Crippen LogP contribution in [0.5, 0.6) is 23.0 Å². The summed E-state index contributed by atoms with van der Waals surface area (Å²) in [5, 5.41) is 0. The summed E-state index contributed by atoms with van der Waals surface area (Å²) in [6, 6.07) is 18.7. The molecule has 4 aromatic carbocycles. The van der Waals surface area contributed by atoms with Gasteiger partial charge in [0, 0.05) is 16.7 Å². The number of benzene rings is 4. The third-order valence-corrected chi connectivity index (χ3v) is 10.1. The Morgan fingerprint density at radius 3 is 1.30 bits per heavy atom. The quantitative estimate of drug-likeness (QED) is 0.0570. The lowest BCUT2D eigenvalue weighted by Gasteiger charge is -2.11. The van der Waals surface area contributed by atoms with Gasteiger partial charge in [-0.15, -0.1) is 0 Å². The average Bonchev–Trinajstić information content (AvgIpc) is 3.03. The molecule has 0 saturated carbocycles. The fraction of sp³-hybridized carbons (Fsp3) is 0.250. The van der Waals surface area contributed by atoms with Crippen LogP contribution in [-0.4, -0.2) is 36.8 Å². The number of aryl methyl sites for hydroxylation is 2. The van der Waals surface area contributed by atoms with Crippen molar-refractivity contribution in [2.45, 2.75) is 49.4 Å². The van der Waals surface area contributed by atoms with E-state index in [1.54, 1.807) is 48.5 Å². The average molecular weight is 762 g/mol. The molecule has 0 fully saturated rings. The number of hydrogen-bond acceptors (Lipinski definition) is 9. The second-order valence-electron chi connectivity index (χ2n) is 10.8. The Morgan fingerprint density at radius 2 is 0.940 bits per heavy atom. The fourth-order valence-electron chi connectivity index (χ4n) is 4.56. The van der Waals surface area contributed by atoms with Crippen molar-refractivity contribution in [2.75, 3.05) is 0 Å². The number of rotatable bonds is 18. The van der Waals surface area contributed by atoms with Gasteiger partial charge in [-0.2, -0.15) is 16.8 Å². The van der Waals surface area contributed by atoms with Gasteiger partial charge in [-0.3, -0.25) is 9.11 Å². The van der Waals surface area contributed by atoms with Crippen molar-refractivity contribution in [1.82, 2.24) is 0 Å². The Morgan fingerprint density at radius 1 is 0.560 bits per heavy atom. The highest BCUT2D eigenvalue weighted by Gasteiger charge is 2.41. The maximum absolute atomic E-state index is 13.5. The summed E-state index contributed by atoms with van der Waals surface area (Å²) in [6.07, 6.45) is -0.328. The largest absolute Gasteiger partial charge is 0.700 e. The molecule has 0 saturated heterocycles. The van der Waals surface area contributed by atoms with Crippen molar-refractivity contribution >= 4 is 28.5 Å². The number of ether oxygens (including phenoxy) is 2. The predicted octanol–water partition coefficient (Wildman–Crippen LogP) is 8.29. The zero-order valence-corrected chi connectivity index (χ0v) is 28.4. The van der Waals surface area contributed by atoms with Crippen LogP contribution in [-0.2, 0) is 46.7 Å². The van der Waals surface area contributed by atoms with Crippen LogP contribution in [0.2, 0.25) is 0 Å². The molecule has 11 nitrogen and oxygen atoms in total. The van der Waals surface area contributed by atoms with Gasteiger partial charge < -0.3 is 9.47 Å². The van der Waals surface area contributed by atoms with Crippen LogP contribution in [0.1, 0.15) is 36.8 Å². The molecule has 0 aliphatic heterocycles. The molecule has 18 heteroatoms. The Balaban J connectivity index is 1.29. The second kappa shape index (κ2) is 17.3. The normalized spacial score (nSPS) is 13.4. The smallest absolute Gasteiger partial charge is 0.457 e. The number of halogens is 4. The van der Waals surface area contributed by atoms with E-state index in [9.17, 15) is 48.1 Å². The summed E-state index contributed by atoms with van der Waals surface area (Å²) in [5.74, 6) is -3.67. The van der Waals surface area contributed by atoms with Crippen LogP contribution in [0.3, 0.4) is 0 Å². The van der Waals surface area contributed by atoms with Gasteiger partial charge in [0.15, 0.2) is 23.3 Å². The molecule has 2 atom stereocenters. The summed E-state index contributed by atoms with van der Waals surface area (Å²) < 4.78 is 154. The van der Waals surface area contributed by atoms with Crippen LogP contribution in [0, 0.1) is 23.3 Å². The molecule has 0 radical (unpaired) electrons. The van der Waals surface area contributed by atoms with Gasteiger partial charge >= 0.3 is 8.25 Å². The van der Waals surface area contributed by atoms with Gasteiger partial charge in [0.05, 0.1) is 0 Å². The van der Waals surface area contributed by atoms with E-state index in [0.717, 1.165) is 24.3 Å². The van der Waals surface area contributed by atoms with Gasteiger partial charge in [-0.1, -0.05) is 33.3 Å². The molecular weight excluding hydrogens is 731 g/mol. The monoisotopic (exact) mass is 761 g/mol. The van der Waals surface area contributed by atoms with Crippen LogP contribution in [0.4, 0.5) is 17.6 Å². The third-order valence-electron chi connectivity index (χ3n) is 6.93. The molecule has 0 heterocycles. The van der Waals surface area contributed by atoms with Gasteiger partial charge in [0.25, 0.3) is 20.2 Å². The topological polar surface area (TPSA) is 163 Å². The molecule has 2 N–H and O–H groups in total. The molecule has 4 aromatic rings. The van der Waals surface area contributed by atoms with E-state index in [1.165, 1.54) is 12.1 Å². The highest BCUT2D eigenvalue weighted by atomic mass is 32.2. The Hall–Kier alpha value is -3.96.